The largest absolute Gasteiger partial charge is 0.315 e. The number of benzene rings is 1. The van der Waals surface area contributed by atoms with Crippen molar-refractivity contribution in [1.29, 1.82) is 0 Å². The normalized spacial score (nSPS) is 27.3. The zero-order chi connectivity index (χ0) is 13.1. The molecule has 0 amide bonds. The number of rotatable bonds is 3. The van der Waals surface area contributed by atoms with Crippen LogP contribution in [-0.4, -0.2) is 27.9 Å². The average Bonchev–Trinajstić information content (AvgIpc) is 3.01. The Labute approximate surface area is 113 Å². The Balaban J connectivity index is 1.81. The van der Waals surface area contributed by atoms with Crippen LogP contribution < -0.4 is 5.32 Å². The van der Waals surface area contributed by atoms with E-state index in [1.54, 1.807) is 6.33 Å². The van der Waals surface area contributed by atoms with E-state index >= 15 is 0 Å². The first-order valence-corrected chi connectivity index (χ1v) is 6.95. The third-order valence-corrected chi connectivity index (χ3v) is 4.23. The van der Waals surface area contributed by atoms with Gasteiger partial charge in [0.15, 0.2) is 0 Å². The molecule has 4 nitrogen and oxygen atoms in total. The van der Waals surface area contributed by atoms with Crippen LogP contribution in [0.1, 0.15) is 36.8 Å². The van der Waals surface area contributed by atoms with Crippen molar-refractivity contribution in [2.24, 2.45) is 0 Å². The van der Waals surface area contributed by atoms with E-state index in [0.29, 0.717) is 18.0 Å². The molecule has 1 fully saturated rings. The summed E-state index contributed by atoms with van der Waals surface area (Å²) in [6.07, 6.45) is 7.00. The van der Waals surface area contributed by atoms with Gasteiger partial charge in [-0.25, -0.2) is 9.67 Å². The molecule has 0 bridgehead atoms. The lowest BCUT2D eigenvalue weighted by molar-refractivity contribution is 0.235. The van der Waals surface area contributed by atoms with Crippen LogP contribution in [0, 0.1) is 0 Å². The van der Waals surface area contributed by atoms with Gasteiger partial charge < -0.3 is 5.32 Å². The Hall–Kier alpha value is -1.68. The van der Waals surface area contributed by atoms with E-state index < -0.39 is 0 Å². The summed E-state index contributed by atoms with van der Waals surface area (Å²) in [4.78, 5) is 4.09. The molecule has 1 aliphatic carbocycles. The van der Waals surface area contributed by atoms with E-state index in [0.717, 1.165) is 6.42 Å². The van der Waals surface area contributed by atoms with Gasteiger partial charge in [0.25, 0.3) is 0 Å². The standard InChI is InChI=1S/C15H20N4/c1-16-14-8-7-13(12-5-3-2-4-6-12)9-15(14)19-11-17-10-18-19/h2-6,10-11,13-16H,7-9H2,1H3. The number of nitrogens with zero attached hydrogens (tertiary/aromatic N) is 3. The summed E-state index contributed by atoms with van der Waals surface area (Å²) in [6, 6.07) is 11.7. The van der Waals surface area contributed by atoms with E-state index in [1.807, 2.05) is 18.1 Å². The first kappa shape index (κ1) is 12.4. The average molecular weight is 256 g/mol. The summed E-state index contributed by atoms with van der Waals surface area (Å²) >= 11 is 0. The molecule has 1 saturated carbocycles. The zero-order valence-corrected chi connectivity index (χ0v) is 11.2. The number of hydrogen-bond donors (Lipinski definition) is 1. The third kappa shape index (κ3) is 2.54. The zero-order valence-electron chi connectivity index (χ0n) is 11.2. The summed E-state index contributed by atoms with van der Waals surface area (Å²) in [6.45, 7) is 0. The molecule has 3 rings (SSSR count). The Morgan fingerprint density at radius 2 is 2.05 bits per heavy atom. The Morgan fingerprint density at radius 3 is 2.74 bits per heavy atom. The predicted octanol–water partition coefficient (Wildman–Crippen LogP) is 2.37. The van der Waals surface area contributed by atoms with Gasteiger partial charge >= 0.3 is 0 Å². The molecule has 3 atom stereocenters. The van der Waals surface area contributed by atoms with Crippen LogP contribution in [0.5, 0.6) is 0 Å². The van der Waals surface area contributed by atoms with Crippen molar-refractivity contribution in [1.82, 2.24) is 20.1 Å². The minimum absolute atomic E-state index is 0.395. The molecule has 0 aliphatic heterocycles. The third-order valence-electron chi connectivity index (χ3n) is 4.23. The van der Waals surface area contributed by atoms with Gasteiger partial charge in [-0.1, -0.05) is 30.3 Å². The van der Waals surface area contributed by atoms with E-state index in [2.05, 4.69) is 45.7 Å². The maximum Gasteiger partial charge on any atom is 0.137 e. The molecule has 3 unspecified atom stereocenters. The number of nitrogens with one attached hydrogen (secondary N) is 1. The second kappa shape index (κ2) is 5.53. The van der Waals surface area contributed by atoms with Crippen LogP contribution in [0.15, 0.2) is 43.0 Å². The van der Waals surface area contributed by atoms with E-state index in [4.69, 9.17) is 0 Å². The highest BCUT2D eigenvalue weighted by molar-refractivity contribution is 5.20. The molecule has 19 heavy (non-hydrogen) atoms. The molecular weight excluding hydrogens is 236 g/mol. The van der Waals surface area contributed by atoms with Gasteiger partial charge in [0.1, 0.15) is 12.7 Å². The SMILES string of the molecule is CNC1CCC(c2ccccc2)CC1n1cncn1. The van der Waals surface area contributed by atoms with Crippen molar-refractivity contribution in [2.45, 2.75) is 37.3 Å². The molecule has 1 aliphatic rings. The van der Waals surface area contributed by atoms with Gasteiger partial charge in [0.2, 0.25) is 0 Å². The molecule has 1 aromatic heterocycles. The summed E-state index contributed by atoms with van der Waals surface area (Å²) in [5, 5.41) is 7.76. The molecule has 1 heterocycles. The Bertz CT molecular complexity index is 494. The minimum atomic E-state index is 0.395. The lowest BCUT2D eigenvalue weighted by Gasteiger charge is -2.36. The quantitative estimate of drug-likeness (QED) is 0.917. The number of likely N-dealkylation sites (N-methyl/N-ethyl adjacent to an activating group) is 1. The van der Waals surface area contributed by atoms with Crippen LogP contribution in [0.3, 0.4) is 0 Å². The molecule has 4 heteroatoms. The van der Waals surface area contributed by atoms with Crippen molar-refractivity contribution in [3.8, 4) is 0 Å². The maximum absolute atomic E-state index is 4.33. The van der Waals surface area contributed by atoms with Crippen molar-refractivity contribution in [3.05, 3.63) is 48.5 Å². The van der Waals surface area contributed by atoms with Crippen LogP contribution >= 0.6 is 0 Å². The second-order valence-electron chi connectivity index (χ2n) is 5.26. The van der Waals surface area contributed by atoms with Crippen molar-refractivity contribution in [3.63, 3.8) is 0 Å². The van der Waals surface area contributed by atoms with Gasteiger partial charge in [-0.05, 0) is 37.8 Å². The first-order valence-electron chi connectivity index (χ1n) is 6.95. The lowest BCUT2D eigenvalue weighted by Crippen LogP contribution is -2.39. The van der Waals surface area contributed by atoms with Crippen molar-refractivity contribution < 1.29 is 0 Å². The van der Waals surface area contributed by atoms with Gasteiger partial charge in [-0.3, -0.25) is 0 Å². The second-order valence-corrected chi connectivity index (χ2v) is 5.26. The Kier molecular flexibility index (Phi) is 3.60. The molecule has 1 N–H and O–H groups in total. The van der Waals surface area contributed by atoms with E-state index in [1.165, 1.54) is 18.4 Å². The van der Waals surface area contributed by atoms with Gasteiger partial charge in [0.05, 0.1) is 6.04 Å². The lowest BCUT2D eigenvalue weighted by atomic mass is 9.79. The first-order chi connectivity index (χ1) is 9.38. The smallest absolute Gasteiger partial charge is 0.137 e. The summed E-state index contributed by atoms with van der Waals surface area (Å²) in [7, 11) is 2.04. The number of aromatic nitrogens is 3. The fraction of sp³-hybridized carbons (Fsp3) is 0.467. The topological polar surface area (TPSA) is 42.7 Å². The predicted molar refractivity (Wildman–Crippen MR) is 74.9 cm³/mol. The van der Waals surface area contributed by atoms with Crippen molar-refractivity contribution >= 4 is 0 Å². The van der Waals surface area contributed by atoms with Gasteiger partial charge in [0, 0.05) is 6.04 Å². The minimum Gasteiger partial charge on any atom is -0.315 e. The molecule has 2 aromatic rings. The van der Waals surface area contributed by atoms with Crippen LogP contribution in [-0.2, 0) is 0 Å². The van der Waals surface area contributed by atoms with E-state index in [-0.39, 0.29) is 0 Å². The van der Waals surface area contributed by atoms with E-state index in [9.17, 15) is 0 Å². The maximum atomic E-state index is 4.33. The molecule has 1 aromatic carbocycles. The highest BCUT2D eigenvalue weighted by Crippen LogP contribution is 2.38. The van der Waals surface area contributed by atoms with Gasteiger partial charge in [-0.2, -0.15) is 5.10 Å². The van der Waals surface area contributed by atoms with Crippen LogP contribution in [0.4, 0.5) is 0 Å². The molecule has 100 valence electrons. The Morgan fingerprint density at radius 1 is 1.21 bits per heavy atom. The highest BCUT2D eigenvalue weighted by Gasteiger charge is 2.31. The summed E-state index contributed by atoms with van der Waals surface area (Å²) in [5.41, 5.74) is 1.45. The molecule has 0 spiro atoms. The fourth-order valence-electron chi connectivity index (χ4n) is 3.19. The molecule has 0 saturated heterocycles. The fourth-order valence-corrected chi connectivity index (χ4v) is 3.19. The monoisotopic (exact) mass is 256 g/mol. The number of hydrogen-bond acceptors (Lipinski definition) is 3. The highest BCUT2D eigenvalue weighted by atomic mass is 15.3. The van der Waals surface area contributed by atoms with Crippen molar-refractivity contribution in [2.75, 3.05) is 7.05 Å². The molecule has 0 radical (unpaired) electrons. The van der Waals surface area contributed by atoms with Crippen LogP contribution in [0.25, 0.3) is 0 Å². The van der Waals surface area contributed by atoms with Crippen LogP contribution in [0.2, 0.25) is 0 Å². The van der Waals surface area contributed by atoms with Gasteiger partial charge in [-0.15, -0.1) is 0 Å². The summed E-state index contributed by atoms with van der Waals surface area (Å²) in [5.74, 6) is 0.625. The summed E-state index contributed by atoms with van der Waals surface area (Å²) < 4.78 is 2.01. The molecular formula is C15H20N4.